The molecule has 0 saturated carbocycles. The van der Waals surface area contributed by atoms with E-state index >= 15 is 0 Å². The Balaban J connectivity index is 1.73. The van der Waals surface area contributed by atoms with Crippen LogP contribution in [0, 0.1) is 0 Å². The molecule has 33 heavy (non-hydrogen) atoms. The summed E-state index contributed by atoms with van der Waals surface area (Å²) in [6.07, 6.45) is 4.31. The summed E-state index contributed by atoms with van der Waals surface area (Å²) in [5.74, 6) is -0.489. The molecular formula is C26H33N3O4. The Morgan fingerprint density at radius 1 is 1.03 bits per heavy atom. The Morgan fingerprint density at radius 2 is 1.76 bits per heavy atom. The zero-order chi connectivity index (χ0) is 23.5. The minimum atomic E-state index is -0.971. The number of fused-ring (bicyclic) bond motifs is 1. The molecule has 1 aliphatic heterocycles. The zero-order valence-corrected chi connectivity index (χ0v) is 19.2. The molecule has 1 atom stereocenters. The van der Waals surface area contributed by atoms with Gasteiger partial charge in [-0.3, -0.25) is 14.4 Å². The number of nitrogens with one attached hydrogen (secondary N) is 2. The molecule has 7 nitrogen and oxygen atoms in total. The van der Waals surface area contributed by atoms with Gasteiger partial charge >= 0.3 is 0 Å². The largest absolute Gasteiger partial charge is 0.493 e. The van der Waals surface area contributed by atoms with Crippen molar-refractivity contribution in [2.45, 2.75) is 44.6 Å². The Hall–Kier alpha value is -3.35. The van der Waals surface area contributed by atoms with Crippen molar-refractivity contribution in [3.8, 4) is 5.75 Å². The highest BCUT2D eigenvalue weighted by molar-refractivity contribution is 6.00. The van der Waals surface area contributed by atoms with E-state index in [9.17, 15) is 14.4 Å². The Labute approximate surface area is 195 Å². The van der Waals surface area contributed by atoms with Crippen molar-refractivity contribution in [3.63, 3.8) is 0 Å². The van der Waals surface area contributed by atoms with Gasteiger partial charge < -0.3 is 20.3 Å². The molecule has 0 fully saturated rings. The molecule has 0 radical (unpaired) electrons. The molecule has 176 valence electrons. The van der Waals surface area contributed by atoms with E-state index in [1.54, 1.807) is 30.1 Å². The zero-order valence-electron chi connectivity index (χ0n) is 19.2. The molecule has 2 aromatic carbocycles. The van der Waals surface area contributed by atoms with Gasteiger partial charge in [0.05, 0.1) is 18.6 Å². The molecule has 2 N–H and O–H groups in total. The van der Waals surface area contributed by atoms with Crippen LogP contribution >= 0.6 is 0 Å². The SMILES string of the molecule is CN1CCCCCCOc2ccccc2C(=O)N[C@H](C(=O)NCCc2ccccc2)CC1=O. The highest BCUT2D eigenvalue weighted by Crippen LogP contribution is 2.19. The standard InChI is InChI=1S/C26H33N3O4/c1-29-17-9-2-3-10-18-33-23-14-8-7-13-21(23)25(31)28-22(19-24(29)30)26(32)27-16-15-20-11-5-4-6-12-20/h4-8,11-14,22H,2-3,9-10,15-19H2,1H3,(H,27,32)(H,28,31)/t22-/m0/s1. The molecule has 0 aromatic heterocycles. The molecule has 3 rings (SSSR count). The number of amides is 3. The Bertz CT molecular complexity index is 932. The lowest BCUT2D eigenvalue weighted by molar-refractivity contribution is -0.133. The van der Waals surface area contributed by atoms with Crippen molar-refractivity contribution in [1.29, 1.82) is 0 Å². The molecule has 1 heterocycles. The number of hydrogen-bond donors (Lipinski definition) is 2. The first-order valence-corrected chi connectivity index (χ1v) is 11.6. The smallest absolute Gasteiger partial charge is 0.255 e. The van der Waals surface area contributed by atoms with Crippen LogP contribution in [0.15, 0.2) is 54.6 Å². The third kappa shape index (κ3) is 7.63. The summed E-state index contributed by atoms with van der Waals surface area (Å²) in [4.78, 5) is 40.4. The van der Waals surface area contributed by atoms with E-state index in [2.05, 4.69) is 10.6 Å². The van der Waals surface area contributed by atoms with Crippen LogP contribution < -0.4 is 15.4 Å². The van der Waals surface area contributed by atoms with Gasteiger partial charge in [0.2, 0.25) is 11.8 Å². The van der Waals surface area contributed by atoms with E-state index in [-0.39, 0.29) is 18.2 Å². The normalized spacial score (nSPS) is 18.2. The number of para-hydroxylation sites is 1. The van der Waals surface area contributed by atoms with Crippen molar-refractivity contribution in [1.82, 2.24) is 15.5 Å². The Morgan fingerprint density at radius 3 is 2.58 bits per heavy atom. The van der Waals surface area contributed by atoms with Gasteiger partial charge in [0, 0.05) is 20.1 Å². The molecular weight excluding hydrogens is 418 g/mol. The number of ether oxygens (including phenoxy) is 1. The van der Waals surface area contributed by atoms with E-state index in [0.717, 1.165) is 31.2 Å². The maximum atomic E-state index is 13.0. The second-order valence-electron chi connectivity index (χ2n) is 8.33. The van der Waals surface area contributed by atoms with Gasteiger partial charge in [-0.05, 0) is 37.0 Å². The summed E-state index contributed by atoms with van der Waals surface area (Å²) in [6.45, 7) is 1.55. The minimum absolute atomic E-state index is 0.0948. The van der Waals surface area contributed by atoms with Crippen molar-refractivity contribution in [2.75, 3.05) is 26.7 Å². The Kier molecular flexibility index (Phi) is 9.30. The summed E-state index contributed by atoms with van der Waals surface area (Å²) in [7, 11) is 1.74. The third-order valence-electron chi connectivity index (χ3n) is 5.76. The van der Waals surface area contributed by atoms with E-state index in [0.29, 0.717) is 37.4 Å². The number of carbonyl (C=O) groups excluding carboxylic acids is 3. The summed E-state index contributed by atoms with van der Waals surface area (Å²) in [5, 5.41) is 5.63. The summed E-state index contributed by atoms with van der Waals surface area (Å²) < 4.78 is 5.85. The highest BCUT2D eigenvalue weighted by Gasteiger charge is 2.27. The van der Waals surface area contributed by atoms with Crippen molar-refractivity contribution < 1.29 is 19.1 Å². The number of carbonyl (C=O) groups is 3. The fourth-order valence-corrected chi connectivity index (χ4v) is 3.77. The van der Waals surface area contributed by atoms with E-state index in [1.807, 2.05) is 36.4 Å². The lowest BCUT2D eigenvalue weighted by Gasteiger charge is -2.22. The quantitative estimate of drug-likeness (QED) is 0.748. The fourth-order valence-electron chi connectivity index (χ4n) is 3.77. The van der Waals surface area contributed by atoms with Crippen LogP contribution in [-0.2, 0) is 16.0 Å². The van der Waals surface area contributed by atoms with Crippen molar-refractivity contribution in [3.05, 3.63) is 65.7 Å². The molecule has 2 aromatic rings. The predicted octanol–water partition coefficient (Wildman–Crippen LogP) is 2.95. The first kappa shape index (κ1) is 24.3. The topological polar surface area (TPSA) is 87.7 Å². The van der Waals surface area contributed by atoms with Gasteiger partial charge in [0.25, 0.3) is 5.91 Å². The van der Waals surface area contributed by atoms with Crippen LogP contribution in [0.1, 0.15) is 48.0 Å². The molecule has 0 aliphatic carbocycles. The van der Waals surface area contributed by atoms with Crippen molar-refractivity contribution >= 4 is 17.7 Å². The second-order valence-corrected chi connectivity index (χ2v) is 8.33. The number of rotatable bonds is 4. The van der Waals surface area contributed by atoms with E-state index < -0.39 is 11.9 Å². The highest BCUT2D eigenvalue weighted by atomic mass is 16.5. The van der Waals surface area contributed by atoms with E-state index in [4.69, 9.17) is 4.74 Å². The lowest BCUT2D eigenvalue weighted by atomic mass is 10.1. The average Bonchev–Trinajstić information content (AvgIpc) is 2.83. The molecule has 0 unspecified atom stereocenters. The number of nitrogens with zero attached hydrogens (tertiary/aromatic N) is 1. The monoisotopic (exact) mass is 451 g/mol. The summed E-state index contributed by atoms with van der Waals surface area (Å²) in [6, 6.07) is 15.8. The van der Waals surface area contributed by atoms with Crippen LogP contribution in [0.4, 0.5) is 0 Å². The summed E-state index contributed by atoms with van der Waals surface area (Å²) in [5.41, 5.74) is 1.46. The van der Waals surface area contributed by atoms with Gasteiger partial charge in [-0.1, -0.05) is 55.3 Å². The molecule has 3 amide bonds. The van der Waals surface area contributed by atoms with Gasteiger partial charge in [-0.2, -0.15) is 0 Å². The third-order valence-corrected chi connectivity index (χ3v) is 5.76. The molecule has 7 heteroatoms. The molecule has 0 spiro atoms. The first-order chi connectivity index (χ1) is 16.0. The van der Waals surface area contributed by atoms with Gasteiger partial charge in [0.1, 0.15) is 11.8 Å². The average molecular weight is 452 g/mol. The number of hydrogen-bond acceptors (Lipinski definition) is 4. The fraction of sp³-hybridized carbons (Fsp3) is 0.423. The van der Waals surface area contributed by atoms with Gasteiger partial charge in [-0.15, -0.1) is 0 Å². The second kappa shape index (κ2) is 12.6. The van der Waals surface area contributed by atoms with Crippen LogP contribution in [0.2, 0.25) is 0 Å². The maximum absolute atomic E-state index is 13.0. The molecule has 1 aliphatic rings. The number of benzene rings is 2. The minimum Gasteiger partial charge on any atom is -0.493 e. The lowest BCUT2D eigenvalue weighted by Crippen LogP contribution is -2.49. The predicted molar refractivity (Wildman–Crippen MR) is 127 cm³/mol. The van der Waals surface area contributed by atoms with Gasteiger partial charge in [0.15, 0.2) is 0 Å². The van der Waals surface area contributed by atoms with Crippen LogP contribution in [0.25, 0.3) is 0 Å². The van der Waals surface area contributed by atoms with E-state index in [1.165, 1.54) is 0 Å². The van der Waals surface area contributed by atoms with Crippen LogP contribution in [-0.4, -0.2) is 55.4 Å². The van der Waals surface area contributed by atoms with Crippen LogP contribution in [0.3, 0.4) is 0 Å². The maximum Gasteiger partial charge on any atom is 0.255 e. The summed E-state index contributed by atoms with van der Waals surface area (Å²) >= 11 is 0. The molecule has 0 bridgehead atoms. The van der Waals surface area contributed by atoms with Gasteiger partial charge in [-0.25, -0.2) is 0 Å². The molecule has 0 saturated heterocycles. The van der Waals surface area contributed by atoms with Crippen molar-refractivity contribution in [2.24, 2.45) is 0 Å². The van der Waals surface area contributed by atoms with Crippen LogP contribution in [0.5, 0.6) is 5.75 Å². The first-order valence-electron chi connectivity index (χ1n) is 11.6.